The summed E-state index contributed by atoms with van der Waals surface area (Å²) in [5.41, 5.74) is 3.56. The van der Waals surface area contributed by atoms with Gasteiger partial charge in [0.2, 0.25) is 0 Å². The second-order valence-corrected chi connectivity index (χ2v) is 4.24. The summed E-state index contributed by atoms with van der Waals surface area (Å²) < 4.78 is 1.12. The minimum Gasteiger partial charge on any atom is -0.389 e. The van der Waals surface area contributed by atoms with E-state index >= 15 is 0 Å². The van der Waals surface area contributed by atoms with Gasteiger partial charge in [-0.1, -0.05) is 0 Å². The van der Waals surface area contributed by atoms with Gasteiger partial charge in [-0.15, -0.1) is 0 Å². The van der Waals surface area contributed by atoms with Crippen LogP contribution in [0.4, 0.5) is 11.5 Å². The zero-order valence-corrected chi connectivity index (χ0v) is 9.50. The molecular formula is C9H16N4O3. The maximum atomic E-state index is 11.4. The highest BCUT2D eigenvalue weighted by Crippen LogP contribution is 2.10. The number of aromatic amines is 1. The second kappa shape index (κ2) is 4.01. The third-order valence-electron chi connectivity index (χ3n) is 2.07. The van der Waals surface area contributed by atoms with Gasteiger partial charge in [-0.05, 0) is 13.8 Å². The Bertz CT molecular complexity index is 495. The van der Waals surface area contributed by atoms with Crippen molar-refractivity contribution < 1.29 is 5.11 Å². The standard InChI is InChI=1S/C9H16N4O3/c1-9(2,16)4-11-5-6(10)13(3)8(15)12-7(5)14/h11,16H,4,10H2,1-3H3,(H,12,14,15). The summed E-state index contributed by atoms with van der Waals surface area (Å²) in [5.74, 6) is 0.0398. The molecule has 0 fully saturated rings. The van der Waals surface area contributed by atoms with E-state index in [1.54, 1.807) is 13.8 Å². The van der Waals surface area contributed by atoms with E-state index < -0.39 is 16.9 Å². The largest absolute Gasteiger partial charge is 0.389 e. The third-order valence-corrected chi connectivity index (χ3v) is 2.07. The Balaban J connectivity index is 3.11. The van der Waals surface area contributed by atoms with Crippen LogP contribution in [0.5, 0.6) is 0 Å². The van der Waals surface area contributed by atoms with E-state index in [0.29, 0.717) is 0 Å². The Labute approximate surface area is 91.9 Å². The van der Waals surface area contributed by atoms with E-state index in [9.17, 15) is 14.7 Å². The number of hydrogen-bond acceptors (Lipinski definition) is 5. The topological polar surface area (TPSA) is 113 Å². The molecule has 0 saturated heterocycles. The van der Waals surface area contributed by atoms with E-state index in [1.807, 2.05) is 0 Å². The lowest BCUT2D eigenvalue weighted by Gasteiger charge is -2.19. The smallest absolute Gasteiger partial charge is 0.329 e. The molecule has 0 aliphatic carbocycles. The number of aromatic nitrogens is 2. The first-order chi connectivity index (χ1) is 7.22. The van der Waals surface area contributed by atoms with Gasteiger partial charge in [0.15, 0.2) is 0 Å². The number of nitrogens with zero attached hydrogens (tertiary/aromatic N) is 1. The number of aliphatic hydroxyl groups is 1. The van der Waals surface area contributed by atoms with Crippen LogP contribution in [0.1, 0.15) is 13.8 Å². The van der Waals surface area contributed by atoms with Crippen LogP contribution in [0.25, 0.3) is 0 Å². The van der Waals surface area contributed by atoms with Crippen molar-refractivity contribution in [3.8, 4) is 0 Å². The Morgan fingerprint density at radius 2 is 2.06 bits per heavy atom. The van der Waals surface area contributed by atoms with Gasteiger partial charge in [0.25, 0.3) is 5.56 Å². The van der Waals surface area contributed by atoms with Gasteiger partial charge in [0.05, 0.1) is 5.60 Å². The van der Waals surface area contributed by atoms with Crippen molar-refractivity contribution in [2.24, 2.45) is 7.05 Å². The molecule has 1 aromatic heterocycles. The predicted octanol–water partition coefficient (Wildman–Crippen LogP) is -1.16. The summed E-state index contributed by atoms with van der Waals surface area (Å²) in [7, 11) is 1.45. The van der Waals surface area contributed by atoms with Gasteiger partial charge < -0.3 is 16.2 Å². The molecule has 7 nitrogen and oxygen atoms in total. The fraction of sp³-hybridized carbons (Fsp3) is 0.556. The summed E-state index contributed by atoms with van der Waals surface area (Å²) in [4.78, 5) is 24.7. The zero-order valence-electron chi connectivity index (χ0n) is 9.50. The molecule has 7 heteroatoms. The number of nitrogens with one attached hydrogen (secondary N) is 2. The molecule has 0 spiro atoms. The van der Waals surface area contributed by atoms with Crippen LogP contribution < -0.4 is 22.3 Å². The monoisotopic (exact) mass is 228 g/mol. The normalized spacial score (nSPS) is 11.5. The average molecular weight is 228 g/mol. The fourth-order valence-electron chi connectivity index (χ4n) is 1.11. The van der Waals surface area contributed by atoms with Crippen LogP contribution in [0.15, 0.2) is 9.59 Å². The number of nitrogens with two attached hydrogens (primary N) is 1. The molecule has 0 aliphatic rings. The molecule has 0 aromatic carbocycles. The number of nitrogen functional groups attached to an aromatic ring is 1. The first-order valence-electron chi connectivity index (χ1n) is 4.77. The van der Waals surface area contributed by atoms with Gasteiger partial charge in [-0.3, -0.25) is 14.3 Å². The molecule has 16 heavy (non-hydrogen) atoms. The van der Waals surface area contributed by atoms with E-state index in [2.05, 4.69) is 10.3 Å². The predicted molar refractivity (Wildman–Crippen MR) is 61.5 cm³/mol. The highest BCUT2D eigenvalue weighted by atomic mass is 16.3. The molecule has 1 aromatic rings. The van der Waals surface area contributed by atoms with Crippen molar-refractivity contribution in [1.82, 2.24) is 9.55 Å². The van der Waals surface area contributed by atoms with E-state index in [4.69, 9.17) is 5.73 Å². The number of rotatable bonds is 3. The lowest BCUT2D eigenvalue weighted by Crippen LogP contribution is -2.36. The van der Waals surface area contributed by atoms with Crippen LogP contribution in [-0.2, 0) is 7.05 Å². The van der Waals surface area contributed by atoms with Crippen molar-refractivity contribution in [3.05, 3.63) is 20.8 Å². The SMILES string of the molecule is Cn1c(N)c(NCC(C)(C)O)c(=O)[nH]c1=O. The lowest BCUT2D eigenvalue weighted by atomic mass is 10.1. The molecule has 0 saturated carbocycles. The summed E-state index contributed by atoms with van der Waals surface area (Å²) in [5, 5.41) is 12.2. The quantitative estimate of drug-likeness (QED) is 0.521. The molecule has 0 radical (unpaired) electrons. The molecule has 0 amide bonds. The molecule has 0 atom stereocenters. The van der Waals surface area contributed by atoms with Crippen molar-refractivity contribution in [2.75, 3.05) is 17.6 Å². The summed E-state index contributed by atoms with van der Waals surface area (Å²) in [6.45, 7) is 3.33. The molecule has 1 rings (SSSR count). The van der Waals surface area contributed by atoms with Gasteiger partial charge >= 0.3 is 5.69 Å². The molecule has 0 aliphatic heterocycles. The van der Waals surface area contributed by atoms with E-state index in [0.717, 1.165) is 4.57 Å². The van der Waals surface area contributed by atoms with E-state index in [1.165, 1.54) is 7.05 Å². The zero-order chi connectivity index (χ0) is 12.5. The van der Waals surface area contributed by atoms with Crippen molar-refractivity contribution in [1.29, 1.82) is 0 Å². The molecular weight excluding hydrogens is 212 g/mol. The summed E-state index contributed by atoms with van der Waals surface area (Å²) >= 11 is 0. The van der Waals surface area contributed by atoms with Crippen LogP contribution in [0, 0.1) is 0 Å². The minimum atomic E-state index is -0.979. The summed E-state index contributed by atoms with van der Waals surface area (Å²) in [6.07, 6.45) is 0. The Hall–Kier alpha value is -1.76. The Morgan fingerprint density at radius 1 is 1.50 bits per heavy atom. The first kappa shape index (κ1) is 12.3. The van der Waals surface area contributed by atoms with Gasteiger partial charge in [-0.25, -0.2) is 4.79 Å². The van der Waals surface area contributed by atoms with Gasteiger partial charge in [0.1, 0.15) is 11.5 Å². The second-order valence-electron chi connectivity index (χ2n) is 4.24. The molecule has 90 valence electrons. The average Bonchev–Trinajstić information content (AvgIpc) is 2.12. The maximum Gasteiger partial charge on any atom is 0.329 e. The van der Waals surface area contributed by atoms with Gasteiger partial charge in [-0.2, -0.15) is 0 Å². The highest BCUT2D eigenvalue weighted by Gasteiger charge is 2.15. The van der Waals surface area contributed by atoms with Crippen LogP contribution in [-0.4, -0.2) is 26.8 Å². The van der Waals surface area contributed by atoms with Gasteiger partial charge in [0, 0.05) is 13.6 Å². The third kappa shape index (κ3) is 2.63. The van der Waals surface area contributed by atoms with Crippen molar-refractivity contribution >= 4 is 11.5 Å². The highest BCUT2D eigenvalue weighted by molar-refractivity contribution is 5.60. The molecule has 0 bridgehead atoms. The van der Waals surface area contributed by atoms with E-state index in [-0.39, 0.29) is 18.1 Å². The Kier molecular flexibility index (Phi) is 3.09. The molecule has 0 unspecified atom stereocenters. The number of hydrogen-bond donors (Lipinski definition) is 4. The maximum absolute atomic E-state index is 11.4. The van der Waals surface area contributed by atoms with Crippen LogP contribution in [0.2, 0.25) is 0 Å². The Morgan fingerprint density at radius 3 is 2.56 bits per heavy atom. The molecule has 5 N–H and O–H groups in total. The van der Waals surface area contributed by atoms with Crippen LogP contribution >= 0.6 is 0 Å². The lowest BCUT2D eigenvalue weighted by molar-refractivity contribution is 0.0945. The van der Waals surface area contributed by atoms with Crippen molar-refractivity contribution in [3.63, 3.8) is 0 Å². The minimum absolute atomic E-state index is 0.0398. The van der Waals surface area contributed by atoms with Crippen molar-refractivity contribution in [2.45, 2.75) is 19.4 Å². The molecule has 1 heterocycles. The summed E-state index contributed by atoms with van der Waals surface area (Å²) in [6, 6.07) is 0. The van der Waals surface area contributed by atoms with Crippen LogP contribution in [0.3, 0.4) is 0 Å². The first-order valence-corrected chi connectivity index (χ1v) is 4.77. The fourth-order valence-corrected chi connectivity index (χ4v) is 1.11. The number of anilines is 2. The number of H-pyrrole nitrogens is 1.